The van der Waals surface area contributed by atoms with Crippen LogP contribution in [0, 0.1) is 6.92 Å². The van der Waals surface area contributed by atoms with Crippen molar-refractivity contribution in [1.29, 1.82) is 0 Å². The van der Waals surface area contributed by atoms with E-state index in [1.165, 1.54) is 0 Å². The Morgan fingerprint density at radius 3 is 2.52 bits per heavy atom. The van der Waals surface area contributed by atoms with E-state index >= 15 is 0 Å². The molecule has 1 aromatic heterocycles. The zero-order chi connectivity index (χ0) is 15.4. The fourth-order valence-electron chi connectivity index (χ4n) is 1.93. The molecular weight excluding hydrogens is 286 g/mol. The molecule has 1 amide bonds. The van der Waals surface area contributed by atoms with E-state index < -0.39 is 0 Å². The second-order valence-corrected chi connectivity index (χ2v) is 5.40. The van der Waals surface area contributed by atoms with Crippen LogP contribution < -0.4 is 11.1 Å². The summed E-state index contributed by atoms with van der Waals surface area (Å²) in [4.78, 5) is 16.2. The van der Waals surface area contributed by atoms with Gasteiger partial charge in [0, 0.05) is 17.4 Å². The summed E-state index contributed by atoms with van der Waals surface area (Å²) in [5, 5.41) is 3.20. The fourth-order valence-corrected chi connectivity index (χ4v) is 2.20. The number of nitrogens with two attached hydrogens (primary N) is 1. The summed E-state index contributed by atoms with van der Waals surface area (Å²) in [6.45, 7) is 3.77. The Morgan fingerprint density at radius 2 is 1.95 bits per heavy atom. The summed E-state index contributed by atoms with van der Waals surface area (Å²) in [7, 11) is 0. The molecule has 0 fully saturated rings. The first-order valence-corrected chi connectivity index (χ1v) is 7.11. The predicted molar refractivity (Wildman–Crippen MR) is 85.4 cm³/mol. The van der Waals surface area contributed by atoms with Gasteiger partial charge in [0.15, 0.2) is 0 Å². The van der Waals surface area contributed by atoms with Crippen molar-refractivity contribution in [3.8, 4) is 0 Å². The number of carbonyl (C=O) groups excluding carboxylic acids is 1. The van der Waals surface area contributed by atoms with Crippen LogP contribution in [0.1, 0.15) is 29.8 Å². The second kappa shape index (κ2) is 6.70. The molecular formula is C16H18ClN3O. The Bertz CT molecular complexity index is 638. The van der Waals surface area contributed by atoms with E-state index in [1.54, 1.807) is 0 Å². The number of nitrogens with zero attached hydrogens (tertiary/aromatic N) is 1. The Morgan fingerprint density at radius 1 is 1.29 bits per heavy atom. The molecule has 1 heterocycles. The minimum Gasteiger partial charge on any atom is -0.326 e. The standard InChI is InChI=1S/C16H18ClN3O/c1-10-3-4-13(16(17)19-10)9-15(21)20-14-7-5-12(6-8-14)11(2)18/h3-8,11H,9,18H2,1-2H3,(H,20,21). The van der Waals surface area contributed by atoms with Crippen LogP contribution in [0.25, 0.3) is 0 Å². The van der Waals surface area contributed by atoms with Crippen molar-refractivity contribution in [2.24, 2.45) is 5.73 Å². The Balaban J connectivity index is 2.01. The maximum atomic E-state index is 12.0. The number of halogens is 1. The normalized spacial score (nSPS) is 12.0. The number of hydrogen-bond donors (Lipinski definition) is 2. The Kier molecular flexibility index (Phi) is 4.94. The van der Waals surface area contributed by atoms with Crippen molar-refractivity contribution < 1.29 is 4.79 Å². The van der Waals surface area contributed by atoms with E-state index in [4.69, 9.17) is 17.3 Å². The van der Waals surface area contributed by atoms with E-state index in [0.29, 0.717) is 10.7 Å². The third-order valence-corrected chi connectivity index (χ3v) is 3.46. The number of aromatic nitrogens is 1. The number of pyridine rings is 1. The molecule has 1 aromatic carbocycles. The molecule has 1 unspecified atom stereocenters. The van der Waals surface area contributed by atoms with Gasteiger partial charge in [-0.1, -0.05) is 29.8 Å². The van der Waals surface area contributed by atoms with Gasteiger partial charge in [0.1, 0.15) is 5.15 Å². The first kappa shape index (κ1) is 15.5. The fraction of sp³-hybridized carbons (Fsp3) is 0.250. The molecule has 21 heavy (non-hydrogen) atoms. The summed E-state index contributed by atoms with van der Waals surface area (Å²) in [5.41, 5.74) is 9.09. The van der Waals surface area contributed by atoms with Crippen LogP contribution in [0.5, 0.6) is 0 Å². The lowest BCUT2D eigenvalue weighted by Crippen LogP contribution is -2.15. The zero-order valence-electron chi connectivity index (χ0n) is 12.1. The van der Waals surface area contributed by atoms with Crippen LogP contribution in [0.4, 0.5) is 5.69 Å². The quantitative estimate of drug-likeness (QED) is 0.852. The molecule has 0 bridgehead atoms. The highest BCUT2D eigenvalue weighted by atomic mass is 35.5. The largest absolute Gasteiger partial charge is 0.326 e. The summed E-state index contributed by atoms with van der Waals surface area (Å²) < 4.78 is 0. The van der Waals surface area contributed by atoms with E-state index in [9.17, 15) is 4.79 Å². The SMILES string of the molecule is Cc1ccc(CC(=O)Nc2ccc(C(C)N)cc2)c(Cl)n1. The van der Waals surface area contributed by atoms with Gasteiger partial charge < -0.3 is 11.1 Å². The number of nitrogens with one attached hydrogen (secondary N) is 1. The van der Waals surface area contributed by atoms with Crippen LogP contribution in [0.15, 0.2) is 36.4 Å². The van der Waals surface area contributed by atoms with Gasteiger partial charge in [-0.15, -0.1) is 0 Å². The van der Waals surface area contributed by atoms with Crippen LogP contribution in [0.2, 0.25) is 5.15 Å². The maximum absolute atomic E-state index is 12.0. The number of amides is 1. The second-order valence-electron chi connectivity index (χ2n) is 5.04. The van der Waals surface area contributed by atoms with E-state index in [-0.39, 0.29) is 18.4 Å². The smallest absolute Gasteiger partial charge is 0.228 e. The molecule has 110 valence electrons. The lowest BCUT2D eigenvalue weighted by molar-refractivity contribution is -0.115. The zero-order valence-corrected chi connectivity index (χ0v) is 12.8. The minimum atomic E-state index is -0.129. The summed E-state index contributed by atoms with van der Waals surface area (Å²) in [6, 6.07) is 11.1. The lowest BCUT2D eigenvalue weighted by Gasteiger charge is -2.09. The molecule has 0 aliphatic heterocycles. The molecule has 0 spiro atoms. The van der Waals surface area contributed by atoms with Gasteiger partial charge in [-0.2, -0.15) is 0 Å². The molecule has 4 nitrogen and oxygen atoms in total. The van der Waals surface area contributed by atoms with Gasteiger partial charge in [0.05, 0.1) is 6.42 Å². The van der Waals surface area contributed by atoms with E-state index in [0.717, 1.165) is 16.9 Å². The molecule has 3 N–H and O–H groups in total. The average Bonchev–Trinajstić information content (AvgIpc) is 2.42. The first-order chi connectivity index (χ1) is 9.95. The van der Waals surface area contributed by atoms with E-state index in [2.05, 4.69) is 10.3 Å². The highest BCUT2D eigenvalue weighted by Crippen LogP contribution is 2.17. The maximum Gasteiger partial charge on any atom is 0.228 e. The third kappa shape index (κ3) is 4.28. The number of anilines is 1. The van der Waals surface area contributed by atoms with Crippen LogP contribution in [-0.4, -0.2) is 10.9 Å². The van der Waals surface area contributed by atoms with Crippen molar-refractivity contribution in [3.63, 3.8) is 0 Å². The monoisotopic (exact) mass is 303 g/mol. The molecule has 5 heteroatoms. The number of aryl methyl sites for hydroxylation is 1. The summed E-state index contributed by atoms with van der Waals surface area (Å²) >= 11 is 6.03. The molecule has 0 radical (unpaired) electrons. The number of rotatable bonds is 4. The van der Waals surface area contributed by atoms with Crippen LogP contribution in [-0.2, 0) is 11.2 Å². The lowest BCUT2D eigenvalue weighted by atomic mass is 10.1. The highest BCUT2D eigenvalue weighted by Gasteiger charge is 2.09. The van der Waals surface area contributed by atoms with Gasteiger partial charge in [-0.25, -0.2) is 4.98 Å². The number of hydrogen-bond acceptors (Lipinski definition) is 3. The van der Waals surface area contributed by atoms with Gasteiger partial charge in [0.2, 0.25) is 5.91 Å². The van der Waals surface area contributed by atoms with E-state index in [1.807, 2.05) is 50.2 Å². The van der Waals surface area contributed by atoms with Gasteiger partial charge >= 0.3 is 0 Å². The molecule has 1 atom stereocenters. The number of benzene rings is 1. The predicted octanol–water partition coefficient (Wildman–Crippen LogP) is 3.24. The minimum absolute atomic E-state index is 0.0211. The molecule has 2 rings (SSSR count). The van der Waals surface area contributed by atoms with Crippen LogP contribution in [0.3, 0.4) is 0 Å². The van der Waals surface area contributed by atoms with Crippen molar-refractivity contribution in [2.75, 3.05) is 5.32 Å². The molecule has 0 saturated carbocycles. The number of carbonyl (C=O) groups is 1. The van der Waals surface area contributed by atoms with Gasteiger partial charge in [0.25, 0.3) is 0 Å². The van der Waals surface area contributed by atoms with Crippen molar-refractivity contribution in [2.45, 2.75) is 26.3 Å². The van der Waals surface area contributed by atoms with Crippen molar-refractivity contribution >= 4 is 23.2 Å². The van der Waals surface area contributed by atoms with Gasteiger partial charge in [-0.3, -0.25) is 4.79 Å². The average molecular weight is 304 g/mol. The molecule has 0 aliphatic carbocycles. The summed E-state index contributed by atoms with van der Waals surface area (Å²) in [6.07, 6.45) is 0.196. The van der Waals surface area contributed by atoms with Crippen molar-refractivity contribution in [3.05, 3.63) is 58.4 Å². The first-order valence-electron chi connectivity index (χ1n) is 6.73. The Hall–Kier alpha value is -1.91. The third-order valence-electron chi connectivity index (χ3n) is 3.14. The molecule has 0 aliphatic rings. The highest BCUT2D eigenvalue weighted by molar-refractivity contribution is 6.30. The molecule has 0 saturated heterocycles. The summed E-state index contributed by atoms with van der Waals surface area (Å²) in [5.74, 6) is -0.129. The van der Waals surface area contributed by atoms with Crippen molar-refractivity contribution in [1.82, 2.24) is 4.98 Å². The van der Waals surface area contributed by atoms with Crippen LogP contribution >= 0.6 is 11.6 Å². The Labute approximate surface area is 129 Å². The van der Waals surface area contributed by atoms with Gasteiger partial charge in [-0.05, 0) is 43.2 Å². The topological polar surface area (TPSA) is 68.0 Å². The molecule has 2 aromatic rings.